The number of aryl methyl sites for hydroxylation is 1. The molecule has 0 fully saturated rings. The molecule has 2 aromatic rings. The van der Waals surface area contributed by atoms with Crippen LogP contribution in [0.3, 0.4) is 0 Å². The summed E-state index contributed by atoms with van der Waals surface area (Å²) in [6.45, 7) is 0. The van der Waals surface area contributed by atoms with Gasteiger partial charge in [-0.2, -0.15) is 0 Å². The van der Waals surface area contributed by atoms with Gasteiger partial charge in [0.15, 0.2) is 5.16 Å². The van der Waals surface area contributed by atoms with Gasteiger partial charge in [0.1, 0.15) is 6.33 Å². The fourth-order valence-corrected chi connectivity index (χ4v) is 2.98. The molecule has 0 spiro atoms. The summed E-state index contributed by atoms with van der Waals surface area (Å²) in [5.41, 5.74) is 0. The van der Waals surface area contributed by atoms with Crippen LogP contribution >= 0.6 is 23.5 Å². The Bertz CT molecular complexity index is 503. The van der Waals surface area contributed by atoms with Gasteiger partial charge in [-0.05, 0) is 12.1 Å². The molecule has 2 rings (SSSR count). The van der Waals surface area contributed by atoms with E-state index in [9.17, 15) is 4.79 Å². The van der Waals surface area contributed by atoms with E-state index >= 15 is 0 Å². The summed E-state index contributed by atoms with van der Waals surface area (Å²) in [5.74, 6) is 0.609. The zero-order chi connectivity index (χ0) is 12.8. The molecule has 1 atom stereocenters. The lowest BCUT2D eigenvalue weighted by Gasteiger charge is -2.07. The minimum absolute atomic E-state index is 0.278. The molecule has 5 nitrogen and oxygen atoms in total. The quantitative estimate of drug-likeness (QED) is 0.748. The highest BCUT2D eigenvalue weighted by Gasteiger charge is 2.14. The first kappa shape index (κ1) is 13.1. The summed E-state index contributed by atoms with van der Waals surface area (Å²) in [7, 11) is 1.84. The van der Waals surface area contributed by atoms with Crippen LogP contribution in [0.1, 0.15) is 0 Å². The molecule has 2 heterocycles. The number of pyridine rings is 1. The normalized spacial score (nSPS) is 12.3. The monoisotopic (exact) mass is 279 g/mol. The Morgan fingerprint density at radius 2 is 2.39 bits per heavy atom. The van der Waals surface area contributed by atoms with Gasteiger partial charge >= 0.3 is 0 Å². The van der Waals surface area contributed by atoms with Gasteiger partial charge in [0.05, 0.1) is 10.3 Å². The second-order valence-corrected chi connectivity index (χ2v) is 5.64. The van der Waals surface area contributed by atoms with Crippen molar-refractivity contribution in [3.63, 3.8) is 0 Å². The van der Waals surface area contributed by atoms with E-state index in [1.165, 1.54) is 23.5 Å². The molecule has 0 amide bonds. The first-order valence-electron chi connectivity index (χ1n) is 5.21. The highest BCUT2D eigenvalue weighted by Crippen LogP contribution is 2.24. The van der Waals surface area contributed by atoms with E-state index in [1.54, 1.807) is 17.1 Å². The first-order valence-corrected chi connectivity index (χ1v) is 7.08. The van der Waals surface area contributed by atoms with Gasteiger partial charge in [0.2, 0.25) is 6.29 Å². The standard InChI is InChI=1S/C11H11N4OS2/c1-15-8-13-14-11(15)18-9(6-16)7-17-10-4-2-3-5-12-10/h2-5,8-9H,7H2,1H3. The highest BCUT2D eigenvalue weighted by atomic mass is 32.2. The summed E-state index contributed by atoms with van der Waals surface area (Å²) in [6, 6.07) is 5.70. The molecular formula is C11H11N4OS2. The Kier molecular flexibility index (Phi) is 4.77. The smallest absolute Gasteiger partial charge is 0.213 e. The number of thioether (sulfide) groups is 2. The van der Waals surface area contributed by atoms with Gasteiger partial charge in [-0.15, -0.1) is 22.0 Å². The van der Waals surface area contributed by atoms with Crippen LogP contribution in [0.4, 0.5) is 0 Å². The number of hydrogen-bond donors (Lipinski definition) is 0. The molecule has 0 aliphatic heterocycles. The van der Waals surface area contributed by atoms with E-state index in [-0.39, 0.29) is 5.25 Å². The predicted octanol–water partition coefficient (Wildman–Crippen LogP) is 1.57. The number of hydrogen-bond acceptors (Lipinski definition) is 6. The molecule has 0 aliphatic carbocycles. The van der Waals surface area contributed by atoms with Crippen LogP contribution in [0, 0.1) is 0 Å². The van der Waals surface area contributed by atoms with Gasteiger partial charge in [-0.25, -0.2) is 4.98 Å². The average Bonchev–Trinajstić information content (AvgIpc) is 2.81. The van der Waals surface area contributed by atoms with E-state index in [0.29, 0.717) is 10.9 Å². The van der Waals surface area contributed by atoms with Crippen LogP contribution in [0.15, 0.2) is 40.9 Å². The highest BCUT2D eigenvalue weighted by molar-refractivity contribution is 8.03. The van der Waals surface area contributed by atoms with Crippen LogP contribution < -0.4 is 0 Å². The van der Waals surface area contributed by atoms with Gasteiger partial charge in [0, 0.05) is 19.0 Å². The Morgan fingerprint density at radius 1 is 1.50 bits per heavy atom. The second-order valence-electron chi connectivity index (χ2n) is 3.43. The molecule has 2 aromatic heterocycles. The van der Waals surface area contributed by atoms with Crippen molar-refractivity contribution < 1.29 is 4.79 Å². The van der Waals surface area contributed by atoms with Gasteiger partial charge in [0.25, 0.3) is 0 Å². The van der Waals surface area contributed by atoms with E-state index in [1.807, 2.05) is 31.5 Å². The number of carbonyl (C=O) groups excluding carboxylic acids is 1. The SMILES string of the molecule is Cn1cnnc1SC([C]=O)CSc1ccccn1. The van der Waals surface area contributed by atoms with E-state index in [0.717, 1.165) is 5.03 Å². The van der Waals surface area contributed by atoms with Crippen molar-refractivity contribution in [3.8, 4) is 0 Å². The van der Waals surface area contributed by atoms with Crippen LogP contribution in [0.2, 0.25) is 0 Å². The molecule has 7 heteroatoms. The maximum atomic E-state index is 10.9. The molecule has 1 radical (unpaired) electrons. The Balaban J connectivity index is 1.90. The van der Waals surface area contributed by atoms with Crippen molar-refractivity contribution >= 4 is 29.8 Å². The fourth-order valence-electron chi connectivity index (χ4n) is 1.19. The van der Waals surface area contributed by atoms with Crippen molar-refractivity contribution in [3.05, 3.63) is 30.7 Å². The molecule has 0 saturated heterocycles. The fraction of sp³-hybridized carbons (Fsp3) is 0.273. The molecule has 0 aromatic carbocycles. The van der Waals surface area contributed by atoms with E-state index in [2.05, 4.69) is 15.2 Å². The summed E-state index contributed by atoms with van der Waals surface area (Å²) < 4.78 is 1.78. The predicted molar refractivity (Wildman–Crippen MR) is 71.3 cm³/mol. The molecular weight excluding hydrogens is 268 g/mol. The first-order chi connectivity index (χ1) is 8.79. The average molecular weight is 279 g/mol. The van der Waals surface area contributed by atoms with Crippen LogP contribution in [-0.4, -0.2) is 37.0 Å². The largest absolute Gasteiger partial charge is 0.312 e. The third-order valence-electron chi connectivity index (χ3n) is 2.07. The van der Waals surface area contributed by atoms with E-state index in [4.69, 9.17) is 0 Å². The van der Waals surface area contributed by atoms with Crippen molar-refractivity contribution in [1.82, 2.24) is 19.7 Å². The van der Waals surface area contributed by atoms with Crippen molar-refractivity contribution in [2.45, 2.75) is 15.4 Å². The number of aromatic nitrogens is 4. The lowest BCUT2D eigenvalue weighted by molar-refractivity contribution is 0.555. The Labute approximate surface area is 113 Å². The van der Waals surface area contributed by atoms with Crippen LogP contribution in [-0.2, 0) is 11.8 Å². The lowest BCUT2D eigenvalue weighted by Crippen LogP contribution is -2.09. The van der Waals surface area contributed by atoms with Crippen LogP contribution in [0.25, 0.3) is 0 Å². The van der Waals surface area contributed by atoms with Crippen LogP contribution in [0.5, 0.6) is 0 Å². The van der Waals surface area contributed by atoms with Gasteiger partial charge < -0.3 is 4.57 Å². The molecule has 0 aliphatic rings. The van der Waals surface area contributed by atoms with Crippen molar-refractivity contribution in [1.29, 1.82) is 0 Å². The minimum atomic E-state index is -0.278. The number of rotatable bonds is 6. The number of nitrogens with zero attached hydrogens (tertiary/aromatic N) is 4. The molecule has 0 saturated carbocycles. The zero-order valence-electron chi connectivity index (χ0n) is 9.68. The molecule has 18 heavy (non-hydrogen) atoms. The van der Waals surface area contributed by atoms with Crippen molar-refractivity contribution in [2.24, 2.45) is 7.05 Å². The zero-order valence-corrected chi connectivity index (χ0v) is 11.3. The summed E-state index contributed by atoms with van der Waals surface area (Å²) in [4.78, 5) is 15.1. The topological polar surface area (TPSA) is 60.7 Å². The molecule has 1 unspecified atom stereocenters. The Morgan fingerprint density at radius 3 is 3.00 bits per heavy atom. The minimum Gasteiger partial charge on any atom is -0.312 e. The summed E-state index contributed by atoms with van der Waals surface area (Å²) >= 11 is 2.89. The molecule has 93 valence electrons. The van der Waals surface area contributed by atoms with Gasteiger partial charge in [-0.1, -0.05) is 17.8 Å². The molecule has 0 bridgehead atoms. The third-order valence-corrected chi connectivity index (χ3v) is 4.45. The maximum absolute atomic E-state index is 10.9. The van der Waals surface area contributed by atoms with Gasteiger partial charge in [-0.3, -0.25) is 4.79 Å². The van der Waals surface area contributed by atoms with Crippen molar-refractivity contribution in [2.75, 3.05) is 5.75 Å². The second kappa shape index (κ2) is 6.55. The summed E-state index contributed by atoms with van der Waals surface area (Å²) in [6.07, 6.45) is 5.36. The molecule has 0 N–H and O–H groups in total. The third kappa shape index (κ3) is 3.58. The Hall–Kier alpha value is -1.34. The van der Waals surface area contributed by atoms with E-state index < -0.39 is 0 Å². The maximum Gasteiger partial charge on any atom is 0.213 e. The lowest BCUT2D eigenvalue weighted by atomic mass is 10.5. The summed E-state index contributed by atoms with van der Waals surface area (Å²) in [5, 5.41) is 9.04.